The van der Waals surface area contributed by atoms with Gasteiger partial charge in [-0.15, -0.1) is 21.5 Å². The van der Waals surface area contributed by atoms with Crippen molar-refractivity contribution in [2.24, 2.45) is 0 Å². The lowest BCUT2D eigenvalue weighted by Crippen LogP contribution is -2.39. The fraction of sp³-hybridized carbons (Fsp3) is 0.533. The SMILES string of the molecule is C[C@H](Sc1nnc(NCCc2cccs2)s1)C(=O)N[C@H]1CCS(=O)(=O)C1. The third kappa shape index (κ3) is 5.66. The van der Waals surface area contributed by atoms with E-state index in [4.69, 9.17) is 0 Å². The molecule has 2 atom stereocenters. The molecule has 0 spiro atoms. The second kappa shape index (κ2) is 8.68. The van der Waals surface area contributed by atoms with Crippen LogP contribution >= 0.6 is 34.4 Å². The lowest BCUT2D eigenvalue weighted by molar-refractivity contribution is -0.120. The summed E-state index contributed by atoms with van der Waals surface area (Å²) in [5.74, 6) is 0.0170. The molecule has 1 aliphatic heterocycles. The number of nitrogens with one attached hydrogen (secondary N) is 2. The summed E-state index contributed by atoms with van der Waals surface area (Å²) in [6.45, 7) is 2.57. The molecular formula is C15H20N4O3S4. The molecule has 142 valence electrons. The van der Waals surface area contributed by atoms with Crippen LogP contribution < -0.4 is 10.6 Å². The Morgan fingerprint density at radius 3 is 3.00 bits per heavy atom. The Kier molecular flexibility index (Phi) is 6.54. The van der Waals surface area contributed by atoms with E-state index in [9.17, 15) is 13.2 Å². The average Bonchev–Trinajstić information content (AvgIpc) is 3.30. The Morgan fingerprint density at radius 1 is 1.46 bits per heavy atom. The minimum Gasteiger partial charge on any atom is -0.360 e. The smallest absolute Gasteiger partial charge is 0.233 e. The Morgan fingerprint density at radius 2 is 2.31 bits per heavy atom. The molecule has 26 heavy (non-hydrogen) atoms. The summed E-state index contributed by atoms with van der Waals surface area (Å²) >= 11 is 4.48. The number of thiophene rings is 1. The number of aromatic nitrogens is 2. The van der Waals surface area contributed by atoms with Crippen LogP contribution in [-0.2, 0) is 21.1 Å². The van der Waals surface area contributed by atoms with Gasteiger partial charge in [0.05, 0.1) is 16.8 Å². The molecule has 0 aromatic carbocycles. The number of amides is 1. The predicted octanol–water partition coefficient (Wildman–Crippen LogP) is 2.04. The van der Waals surface area contributed by atoms with Crippen LogP contribution in [0, 0.1) is 0 Å². The van der Waals surface area contributed by atoms with Crippen molar-refractivity contribution in [1.82, 2.24) is 15.5 Å². The van der Waals surface area contributed by atoms with Gasteiger partial charge in [-0.2, -0.15) is 0 Å². The maximum atomic E-state index is 12.2. The van der Waals surface area contributed by atoms with Gasteiger partial charge in [0.15, 0.2) is 14.2 Å². The maximum Gasteiger partial charge on any atom is 0.233 e. The van der Waals surface area contributed by atoms with Crippen molar-refractivity contribution in [3.05, 3.63) is 22.4 Å². The zero-order chi connectivity index (χ0) is 18.6. The highest BCUT2D eigenvalue weighted by Gasteiger charge is 2.30. The van der Waals surface area contributed by atoms with Crippen molar-refractivity contribution in [3.8, 4) is 0 Å². The van der Waals surface area contributed by atoms with Crippen LogP contribution in [0.5, 0.6) is 0 Å². The first-order valence-electron chi connectivity index (χ1n) is 8.18. The molecule has 3 rings (SSSR count). The topological polar surface area (TPSA) is 101 Å². The highest BCUT2D eigenvalue weighted by molar-refractivity contribution is 8.02. The van der Waals surface area contributed by atoms with Gasteiger partial charge < -0.3 is 10.6 Å². The lowest BCUT2D eigenvalue weighted by Gasteiger charge is -2.14. The second-order valence-electron chi connectivity index (χ2n) is 6.00. The number of thioether (sulfide) groups is 1. The molecule has 0 radical (unpaired) electrons. The molecule has 1 saturated heterocycles. The van der Waals surface area contributed by atoms with Crippen LogP contribution in [0.25, 0.3) is 0 Å². The molecule has 7 nitrogen and oxygen atoms in total. The van der Waals surface area contributed by atoms with Crippen molar-refractivity contribution >= 4 is 55.3 Å². The van der Waals surface area contributed by atoms with Gasteiger partial charge in [-0.3, -0.25) is 4.79 Å². The number of sulfone groups is 1. The van der Waals surface area contributed by atoms with E-state index in [2.05, 4.69) is 32.3 Å². The summed E-state index contributed by atoms with van der Waals surface area (Å²) < 4.78 is 23.6. The van der Waals surface area contributed by atoms with E-state index in [1.807, 2.05) is 6.07 Å². The Bertz CT molecular complexity index is 835. The van der Waals surface area contributed by atoms with Gasteiger partial charge in [0, 0.05) is 17.5 Å². The monoisotopic (exact) mass is 432 g/mol. The minimum atomic E-state index is -3.00. The third-order valence-electron chi connectivity index (χ3n) is 3.86. The summed E-state index contributed by atoms with van der Waals surface area (Å²) in [5.41, 5.74) is 0. The molecule has 0 saturated carbocycles. The highest BCUT2D eigenvalue weighted by atomic mass is 32.2. The molecule has 0 aliphatic carbocycles. The van der Waals surface area contributed by atoms with E-state index in [0.29, 0.717) is 10.8 Å². The number of nitrogens with zero attached hydrogens (tertiary/aromatic N) is 2. The van der Waals surface area contributed by atoms with E-state index < -0.39 is 9.84 Å². The van der Waals surface area contributed by atoms with E-state index in [1.165, 1.54) is 28.0 Å². The number of anilines is 1. The van der Waals surface area contributed by atoms with Crippen LogP contribution in [0.3, 0.4) is 0 Å². The molecule has 3 heterocycles. The Balaban J connectivity index is 1.43. The number of carbonyl (C=O) groups is 1. The summed E-state index contributed by atoms with van der Waals surface area (Å²) in [5, 5.41) is 16.7. The third-order valence-corrected chi connectivity index (χ3v) is 8.63. The molecule has 2 aromatic heterocycles. The van der Waals surface area contributed by atoms with Crippen molar-refractivity contribution in [1.29, 1.82) is 0 Å². The van der Waals surface area contributed by atoms with E-state index in [-0.39, 0.29) is 28.7 Å². The number of hydrogen-bond donors (Lipinski definition) is 2. The van der Waals surface area contributed by atoms with E-state index in [0.717, 1.165) is 18.1 Å². The van der Waals surface area contributed by atoms with Gasteiger partial charge in [0.25, 0.3) is 0 Å². The van der Waals surface area contributed by atoms with E-state index >= 15 is 0 Å². The van der Waals surface area contributed by atoms with Crippen LogP contribution in [-0.4, -0.2) is 53.9 Å². The normalized spacial score (nSPS) is 20.0. The van der Waals surface area contributed by atoms with Gasteiger partial charge in [-0.1, -0.05) is 29.2 Å². The quantitative estimate of drug-likeness (QED) is 0.616. The molecule has 1 fully saturated rings. The van der Waals surface area contributed by atoms with Crippen molar-refractivity contribution in [3.63, 3.8) is 0 Å². The fourth-order valence-corrected chi connectivity index (χ4v) is 6.82. The molecule has 1 amide bonds. The Hall–Kier alpha value is -1.17. The standard InChI is InChI=1S/C15H20N4O3S4/c1-10(13(20)17-11-5-8-26(21,22)9-11)24-15-19-18-14(25-15)16-6-4-12-3-2-7-23-12/h2-3,7,10-11H,4-6,8-9H2,1H3,(H,16,18)(H,17,20)/t10-,11-/m0/s1. The first-order valence-corrected chi connectivity index (χ1v) is 12.6. The Labute approximate surface area is 164 Å². The van der Waals surface area contributed by atoms with Crippen LogP contribution in [0.2, 0.25) is 0 Å². The molecule has 1 aliphatic rings. The van der Waals surface area contributed by atoms with Crippen molar-refractivity contribution in [2.75, 3.05) is 23.4 Å². The van der Waals surface area contributed by atoms with Crippen LogP contribution in [0.15, 0.2) is 21.9 Å². The highest BCUT2D eigenvalue weighted by Crippen LogP contribution is 2.29. The number of hydrogen-bond acceptors (Lipinski definition) is 9. The molecule has 11 heteroatoms. The maximum absolute atomic E-state index is 12.2. The molecule has 0 bridgehead atoms. The largest absolute Gasteiger partial charge is 0.360 e. The van der Waals surface area contributed by atoms with Gasteiger partial charge in [0.2, 0.25) is 11.0 Å². The van der Waals surface area contributed by atoms with Crippen LogP contribution in [0.4, 0.5) is 5.13 Å². The summed E-state index contributed by atoms with van der Waals surface area (Å²) in [7, 11) is -3.00. The number of carbonyl (C=O) groups excluding carboxylic acids is 1. The summed E-state index contributed by atoms with van der Waals surface area (Å²) in [6, 6.07) is 3.86. The van der Waals surface area contributed by atoms with Crippen molar-refractivity contribution in [2.45, 2.75) is 35.4 Å². The first kappa shape index (κ1) is 19.6. The van der Waals surface area contributed by atoms with Gasteiger partial charge in [-0.05, 0) is 31.2 Å². The minimum absolute atomic E-state index is 0.0350. The summed E-state index contributed by atoms with van der Waals surface area (Å²) in [6.07, 6.45) is 1.42. The van der Waals surface area contributed by atoms with Gasteiger partial charge >= 0.3 is 0 Å². The zero-order valence-corrected chi connectivity index (χ0v) is 17.4. The van der Waals surface area contributed by atoms with Gasteiger partial charge in [0.1, 0.15) is 0 Å². The average molecular weight is 433 g/mol. The zero-order valence-electron chi connectivity index (χ0n) is 14.2. The van der Waals surface area contributed by atoms with Gasteiger partial charge in [-0.25, -0.2) is 8.42 Å². The lowest BCUT2D eigenvalue weighted by atomic mass is 10.2. The molecular weight excluding hydrogens is 412 g/mol. The van der Waals surface area contributed by atoms with Crippen LogP contribution in [0.1, 0.15) is 18.2 Å². The molecule has 2 N–H and O–H groups in total. The summed E-state index contributed by atoms with van der Waals surface area (Å²) in [4.78, 5) is 13.6. The second-order valence-corrected chi connectivity index (χ2v) is 11.8. The number of rotatable bonds is 8. The molecule has 0 unspecified atom stereocenters. The van der Waals surface area contributed by atoms with E-state index in [1.54, 1.807) is 18.3 Å². The fourth-order valence-electron chi connectivity index (χ4n) is 2.51. The predicted molar refractivity (Wildman–Crippen MR) is 107 cm³/mol. The van der Waals surface area contributed by atoms with Crippen molar-refractivity contribution < 1.29 is 13.2 Å². The molecule has 2 aromatic rings. The first-order chi connectivity index (χ1) is 12.4.